The van der Waals surface area contributed by atoms with Crippen molar-refractivity contribution in [3.8, 4) is 5.75 Å². The Morgan fingerprint density at radius 3 is 2.70 bits per heavy atom. The second-order valence-corrected chi connectivity index (χ2v) is 9.76. The summed E-state index contributed by atoms with van der Waals surface area (Å²) in [4.78, 5) is 23.8. The Morgan fingerprint density at radius 2 is 2.03 bits per heavy atom. The highest BCUT2D eigenvalue weighted by Gasteiger charge is 2.37. The Hall–Kier alpha value is -1.83. The molecule has 8 heteroatoms. The van der Waals surface area contributed by atoms with Gasteiger partial charge in [-0.05, 0) is 55.3 Å². The number of benzene rings is 1. The zero-order valence-electron chi connectivity index (χ0n) is 16.8. The third-order valence-corrected chi connectivity index (χ3v) is 7.40. The van der Waals surface area contributed by atoms with Crippen LogP contribution in [0.2, 0.25) is 5.02 Å². The van der Waals surface area contributed by atoms with E-state index in [9.17, 15) is 4.79 Å². The van der Waals surface area contributed by atoms with Crippen LogP contribution in [0.4, 0.5) is 5.69 Å². The summed E-state index contributed by atoms with van der Waals surface area (Å²) in [5, 5.41) is 6.29. The number of carbonyl (C=O) groups is 1. The van der Waals surface area contributed by atoms with Crippen molar-refractivity contribution in [2.75, 3.05) is 18.2 Å². The zero-order valence-corrected chi connectivity index (χ0v) is 19.2. The molecule has 1 spiro atoms. The fraction of sp³-hybridized carbons (Fsp3) is 0.409. The minimum atomic E-state index is -0.335. The van der Waals surface area contributed by atoms with Gasteiger partial charge in [0.05, 0.1) is 22.8 Å². The maximum absolute atomic E-state index is 12.6. The molecule has 0 atom stereocenters. The van der Waals surface area contributed by atoms with E-state index < -0.39 is 0 Å². The number of aliphatic imine (C=N–C) groups is 2. The highest BCUT2D eigenvalue weighted by atomic mass is 35.5. The Labute approximate surface area is 190 Å². The number of thiophene rings is 1. The van der Waals surface area contributed by atoms with E-state index in [0.717, 1.165) is 41.3 Å². The van der Waals surface area contributed by atoms with E-state index in [1.807, 2.05) is 6.07 Å². The van der Waals surface area contributed by atoms with Crippen LogP contribution in [0.15, 0.2) is 45.7 Å². The first-order valence-electron chi connectivity index (χ1n) is 10.1. The zero-order chi connectivity index (χ0) is 21.0. The Kier molecular flexibility index (Phi) is 6.80. The predicted octanol–water partition coefficient (Wildman–Crippen LogP) is 6.03. The molecule has 1 amide bonds. The van der Waals surface area contributed by atoms with E-state index in [1.54, 1.807) is 36.6 Å². The molecule has 2 heterocycles. The maximum Gasteiger partial charge on any atom is 0.234 e. The number of amides is 1. The van der Waals surface area contributed by atoms with Crippen molar-refractivity contribution in [2.45, 2.75) is 44.2 Å². The fourth-order valence-electron chi connectivity index (χ4n) is 3.79. The summed E-state index contributed by atoms with van der Waals surface area (Å²) in [7, 11) is 1.56. The van der Waals surface area contributed by atoms with Gasteiger partial charge in [-0.2, -0.15) is 0 Å². The molecule has 1 fully saturated rings. The molecule has 1 aromatic heterocycles. The van der Waals surface area contributed by atoms with Crippen LogP contribution in [0.3, 0.4) is 0 Å². The molecule has 158 valence electrons. The van der Waals surface area contributed by atoms with Crippen LogP contribution in [0.1, 0.15) is 43.4 Å². The van der Waals surface area contributed by atoms with Gasteiger partial charge in [0.2, 0.25) is 5.91 Å². The summed E-state index contributed by atoms with van der Waals surface area (Å²) in [6.45, 7) is 0. The third kappa shape index (κ3) is 4.90. The molecule has 2 aromatic rings. The molecule has 1 N–H and O–H groups in total. The average Bonchev–Trinajstić information content (AvgIpc) is 3.31. The van der Waals surface area contributed by atoms with Crippen molar-refractivity contribution in [3.05, 3.63) is 45.6 Å². The summed E-state index contributed by atoms with van der Waals surface area (Å²) in [6.07, 6.45) is 6.78. The third-order valence-electron chi connectivity index (χ3n) is 5.27. The van der Waals surface area contributed by atoms with Crippen LogP contribution in [0.25, 0.3) is 0 Å². The largest absolute Gasteiger partial charge is 0.495 e. The van der Waals surface area contributed by atoms with Crippen LogP contribution in [0, 0.1) is 0 Å². The molecule has 30 heavy (non-hydrogen) atoms. The molecule has 0 bridgehead atoms. The number of carbonyl (C=O) groups excluding carboxylic acids is 1. The second kappa shape index (κ2) is 9.54. The summed E-state index contributed by atoms with van der Waals surface area (Å²) < 4.78 is 5.15. The van der Waals surface area contributed by atoms with Crippen LogP contribution in [-0.4, -0.2) is 35.2 Å². The van der Waals surface area contributed by atoms with Gasteiger partial charge in [0.15, 0.2) is 5.66 Å². The fourth-order valence-corrected chi connectivity index (χ4v) is 5.69. The lowest BCUT2D eigenvalue weighted by molar-refractivity contribution is -0.113. The molecule has 1 aliphatic carbocycles. The van der Waals surface area contributed by atoms with Crippen molar-refractivity contribution < 1.29 is 9.53 Å². The van der Waals surface area contributed by atoms with Gasteiger partial charge in [-0.3, -0.25) is 9.79 Å². The van der Waals surface area contributed by atoms with Gasteiger partial charge in [0.1, 0.15) is 16.5 Å². The minimum absolute atomic E-state index is 0.101. The van der Waals surface area contributed by atoms with Crippen LogP contribution < -0.4 is 10.1 Å². The lowest BCUT2D eigenvalue weighted by Crippen LogP contribution is -2.20. The molecule has 0 unspecified atom stereocenters. The first-order valence-corrected chi connectivity index (χ1v) is 12.3. The summed E-state index contributed by atoms with van der Waals surface area (Å²) in [5.41, 5.74) is 1.25. The number of ether oxygens (including phenoxy) is 1. The van der Waals surface area contributed by atoms with Crippen molar-refractivity contribution >= 4 is 57.0 Å². The quantitative estimate of drug-likeness (QED) is 0.590. The van der Waals surface area contributed by atoms with Gasteiger partial charge in [-0.15, -0.1) is 11.3 Å². The van der Waals surface area contributed by atoms with Crippen molar-refractivity contribution in [3.63, 3.8) is 0 Å². The van der Waals surface area contributed by atoms with Gasteiger partial charge >= 0.3 is 0 Å². The lowest BCUT2D eigenvalue weighted by atomic mass is 10.0. The normalized spacial score (nSPS) is 17.9. The van der Waals surface area contributed by atoms with Gasteiger partial charge < -0.3 is 10.1 Å². The Morgan fingerprint density at radius 1 is 1.23 bits per heavy atom. The van der Waals surface area contributed by atoms with E-state index >= 15 is 0 Å². The first kappa shape index (κ1) is 21.4. The number of nitrogens with one attached hydrogen (secondary N) is 1. The van der Waals surface area contributed by atoms with Gasteiger partial charge in [0, 0.05) is 5.69 Å². The molecule has 4 rings (SSSR count). The monoisotopic (exact) mass is 461 g/mol. The number of anilines is 1. The SMILES string of the molecule is COc1ccc(NC(=O)CSC2=NC3(CCCCCC3)N=C2c2cccs2)cc1Cl. The minimum Gasteiger partial charge on any atom is -0.495 e. The van der Waals surface area contributed by atoms with E-state index in [-0.39, 0.29) is 17.3 Å². The summed E-state index contributed by atoms with van der Waals surface area (Å²) in [5.74, 6) is 0.745. The van der Waals surface area contributed by atoms with Crippen molar-refractivity contribution in [1.29, 1.82) is 0 Å². The average molecular weight is 462 g/mol. The standard InChI is InChI=1S/C22H24ClN3O2S2/c1-28-17-9-8-15(13-16(17)23)24-19(27)14-30-21-20(18-7-6-12-29-18)25-22(26-21)10-4-2-3-5-11-22/h6-9,12-13H,2-5,10-11,14H2,1H3,(H,24,27). The van der Waals surface area contributed by atoms with Crippen LogP contribution >= 0.6 is 34.7 Å². The Bertz CT molecular complexity index is 965. The topological polar surface area (TPSA) is 63.0 Å². The number of hydrogen-bond acceptors (Lipinski definition) is 6. The number of hydrogen-bond donors (Lipinski definition) is 1. The molecule has 5 nitrogen and oxygen atoms in total. The van der Waals surface area contributed by atoms with Crippen molar-refractivity contribution in [2.24, 2.45) is 9.98 Å². The number of methoxy groups -OCH3 is 1. The predicted molar refractivity (Wildman–Crippen MR) is 128 cm³/mol. The molecular weight excluding hydrogens is 438 g/mol. The highest BCUT2D eigenvalue weighted by Crippen LogP contribution is 2.38. The van der Waals surface area contributed by atoms with Gasteiger partial charge in [-0.1, -0.05) is 42.3 Å². The van der Waals surface area contributed by atoms with E-state index in [1.165, 1.54) is 24.6 Å². The second-order valence-electron chi connectivity index (χ2n) is 7.44. The molecule has 0 radical (unpaired) electrons. The summed E-state index contributed by atoms with van der Waals surface area (Å²) in [6, 6.07) is 9.32. The summed E-state index contributed by atoms with van der Waals surface area (Å²) >= 11 is 9.28. The van der Waals surface area contributed by atoms with Crippen molar-refractivity contribution in [1.82, 2.24) is 0 Å². The van der Waals surface area contributed by atoms with Gasteiger partial charge in [0.25, 0.3) is 0 Å². The van der Waals surface area contributed by atoms with Crippen LogP contribution in [0.5, 0.6) is 5.75 Å². The number of rotatable bonds is 5. The lowest BCUT2D eigenvalue weighted by Gasteiger charge is -2.20. The van der Waals surface area contributed by atoms with E-state index in [4.69, 9.17) is 26.3 Å². The molecule has 2 aliphatic rings. The molecule has 1 saturated carbocycles. The van der Waals surface area contributed by atoms with E-state index in [0.29, 0.717) is 16.5 Å². The number of halogens is 1. The number of nitrogens with zero attached hydrogens (tertiary/aromatic N) is 2. The molecular formula is C22H24ClN3O2S2. The van der Waals surface area contributed by atoms with E-state index in [2.05, 4.69) is 16.8 Å². The highest BCUT2D eigenvalue weighted by molar-refractivity contribution is 8.16. The smallest absolute Gasteiger partial charge is 0.234 e. The Balaban J connectivity index is 1.46. The van der Waals surface area contributed by atoms with Crippen LogP contribution in [-0.2, 0) is 4.79 Å². The number of thioether (sulfide) groups is 1. The molecule has 1 aromatic carbocycles. The van der Waals surface area contributed by atoms with Gasteiger partial charge in [-0.25, -0.2) is 4.99 Å². The molecule has 0 saturated heterocycles. The maximum atomic E-state index is 12.6. The first-order chi connectivity index (χ1) is 14.6. The molecule has 1 aliphatic heterocycles.